The van der Waals surface area contributed by atoms with Crippen molar-refractivity contribution in [3.63, 3.8) is 0 Å². The number of thiophene rings is 1. The summed E-state index contributed by atoms with van der Waals surface area (Å²) in [6.45, 7) is 7.34. The molecule has 1 aromatic carbocycles. The molecule has 1 saturated heterocycles. The lowest BCUT2D eigenvalue weighted by molar-refractivity contribution is -0.119. The SMILES string of the molecule is Cc1scc2c1N(C(=O)CN1CCN(CCCCCCCCCCBr)CC1)c1ccccc1NC2=O. The lowest BCUT2D eigenvalue weighted by Crippen LogP contribution is -2.49. The number of hydrogen-bond donors (Lipinski definition) is 1. The van der Waals surface area contributed by atoms with Gasteiger partial charge >= 0.3 is 0 Å². The number of amides is 2. The molecule has 1 N–H and O–H groups in total. The molecule has 1 aromatic heterocycles. The van der Waals surface area contributed by atoms with Gasteiger partial charge in [-0.3, -0.25) is 19.4 Å². The van der Waals surface area contributed by atoms with Crippen molar-refractivity contribution in [2.75, 3.05) is 54.8 Å². The Hall–Kier alpha value is -1.74. The Morgan fingerprint density at radius 1 is 0.944 bits per heavy atom. The van der Waals surface area contributed by atoms with Crippen LogP contribution < -0.4 is 10.2 Å². The number of nitrogens with zero attached hydrogens (tertiary/aromatic N) is 3. The smallest absolute Gasteiger partial charge is 0.258 e. The third-order valence-corrected chi connectivity index (χ3v) is 8.70. The summed E-state index contributed by atoms with van der Waals surface area (Å²) in [5.41, 5.74) is 2.73. The molecule has 36 heavy (non-hydrogen) atoms. The van der Waals surface area contributed by atoms with Crippen molar-refractivity contribution in [2.45, 2.75) is 58.3 Å². The molecule has 0 unspecified atom stereocenters. The van der Waals surface area contributed by atoms with E-state index in [-0.39, 0.29) is 11.8 Å². The van der Waals surface area contributed by atoms with Crippen LogP contribution in [0.4, 0.5) is 17.1 Å². The van der Waals surface area contributed by atoms with Crippen LogP contribution >= 0.6 is 27.3 Å². The van der Waals surface area contributed by atoms with Gasteiger partial charge in [-0.15, -0.1) is 11.3 Å². The third-order valence-electron chi connectivity index (χ3n) is 7.23. The van der Waals surface area contributed by atoms with Gasteiger partial charge in [0.2, 0.25) is 5.91 Å². The number of carbonyl (C=O) groups is 2. The number of fused-ring (bicyclic) bond motifs is 2. The average Bonchev–Trinajstić information content (AvgIpc) is 3.20. The Morgan fingerprint density at radius 3 is 2.31 bits per heavy atom. The van der Waals surface area contributed by atoms with Gasteiger partial charge in [-0.1, -0.05) is 66.6 Å². The van der Waals surface area contributed by atoms with E-state index >= 15 is 0 Å². The Bertz CT molecular complexity index is 1020. The lowest BCUT2D eigenvalue weighted by atomic mass is 10.1. The molecule has 2 aromatic rings. The number of nitrogens with one attached hydrogen (secondary N) is 1. The summed E-state index contributed by atoms with van der Waals surface area (Å²) in [5.74, 6) is -0.133. The minimum Gasteiger partial charge on any atom is -0.320 e. The fourth-order valence-corrected chi connectivity index (χ4v) is 6.38. The Morgan fingerprint density at radius 2 is 1.58 bits per heavy atom. The van der Waals surface area contributed by atoms with Gasteiger partial charge in [-0.05, 0) is 38.4 Å². The van der Waals surface area contributed by atoms with Crippen LogP contribution in [0, 0.1) is 6.92 Å². The molecule has 0 saturated carbocycles. The van der Waals surface area contributed by atoms with Crippen molar-refractivity contribution in [2.24, 2.45) is 0 Å². The highest BCUT2D eigenvalue weighted by molar-refractivity contribution is 9.09. The van der Waals surface area contributed by atoms with E-state index in [0.717, 1.165) is 54.3 Å². The molecule has 196 valence electrons. The molecule has 6 nitrogen and oxygen atoms in total. The maximum Gasteiger partial charge on any atom is 0.258 e. The maximum atomic E-state index is 13.7. The van der Waals surface area contributed by atoms with Gasteiger partial charge in [0.1, 0.15) is 0 Å². The molecule has 0 aliphatic carbocycles. The largest absolute Gasteiger partial charge is 0.320 e. The molecular formula is C28H39BrN4O2S. The van der Waals surface area contributed by atoms with Gasteiger partial charge in [0.05, 0.1) is 29.2 Å². The summed E-state index contributed by atoms with van der Waals surface area (Å²) in [6, 6.07) is 7.59. The van der Waals surface area contributed by atoms with Crippen LogP contribution in [0.25, 0.3) is 0 Å². The van der Waals surface area contributed by atoms with Crippen molar-refractivity contribution in [1.29, 1.82) is 0 Å². The molecule has 2 aliphatic heterocycles. The van der Waals surface area contributed by atoms with Gasteiger partial charge in [0, 0.05) is 41.8 Å². The summed E-state index contributed by atoms with van der Waals surface area (Å²) in [5, 5.41) is 5.97. The van der Waals surface area contributed by atoms with Gasteiger partial charge in [0.15, 0.2) is 0 Å². The van der Waals surface area contributed by atoms with Gasteiger partial charge < -0.3 is 10.2 Å². The summed E-state index contributed by atoms with van der Waals surface area (Å²) in [6.07, 6.45) is 10.7. The highest BCUT2D eigenvalue weighted by Gasteiger charge is 2.32. The fourth-order valence-electron chi connectivity index (χ4n) is 5.15. The summed E-state index contributed by atoms with van der Waals surface area (Å²) >= 11 is 5.02. The first-order chi connectivity index (χ1) is 17.6. The lowest BCUT2D eigenvalue weighted by Gasteiger charge is -2.35. The molecule has 2 aliphatic rings. The molecule has 0 radical (unpaired) electrons. The fraction of sp³-hybridized carbons (Fsp3) is 0.571. The molecule has 8 heteroatoms. The number of carbonyl (C=O) groups excluding carboxylic acids is 2. The quantitative estimate of drug-likeness (QED) is 0.235. The van der Waals surface area contributed by atoms with Crippen LogP contribution in [0.5, 0.6) is 0 Å². The van der Waals surface area contributed by atoms with E-state index in [1.807, 2.05) is 36.6 Å². The number of piperazine rings is 1. The first-order valence-corrected chi connectivity index (χ1v) is 15.4. The maximum absolute atomic E-state index is 13.7. The standard InChI is InChI=1S/C28H39BrN4O2S/c1-22-27-23(21-36-22)28(35)30-24-12-8-9-13-25(24)33(27)26(34)20-32-18-16-31(17-19-32)15-11-7-5-3-2-4-6-10-14-29/h8-9,12-13,21H,2-7,10-11,14-20H2,1H3,(H,30,35). The number of unbranched alkanes of at least 4 members (excludes halogenated alkanes) is 7. The number of anilines is 3. The van der Waals surface area contributed by atoms with E-state index in [4.69, 9.17) is 0 Å². The van der Waals surface area contributed by atoms with Crippen LogP contribution in [0.1, 0.15) is 66.6 Å². The number of para-hydroxylation sites is 2. The monoisotopic (exact) mass is 574 g/mol. The van der Waals surface area contributed by atoms with Crippen LogP contribution in [0.2, 0.25) is 0 Å². The third kappa shape index (κ3) is 6.97. The topological polar surface area (TPSA) is 55.9 Å². The second-order valence-electron chi connectivity index (χ2n) is 9.89. The van der Waals surface area contributed by atoms with Gasteiger partial charge in [0.25, 0.3) is 5.91 Å². The highest BCUT2D eigenvalue weighted by Crippen LogP contribution is 2.42. The Balaban J connectivity index is 1.25. The zero-order valence-corrected chi connectivity index (χ0v) is 23.8. The van der Waals surface area contributed by atoms with Crippen molar-refractivity contribution in [1.82, 2.24) is 9.80 Å². The molecule has 0 spiro atoms. The number of halogens is 1. The summed E-state index contributed by atoms with van der Waals surface area (Å²) < 4.78 is 0. The van der Waals surface area contributed by atoms with Gasteiger partial charge in [-0.25, -0.2) is 0 Å². The normalized spacial score (nSPS) is 16.4. The number of rotatable bonds is 12. The Labute approximate surface area is 228 Å². The van der Waals surface area contributed by atoms with Crippen molar-refractivity contribution < 1.29 is 9.59 Å². The second-order valence-corrected chi connectivity index (χ2v) is 11.8. The van der Waals surface area contributed by atoms with Crippen LogP contribution in [-0.2, 0) is 4.79 Å². The van der Waals surface area contributed by atoms with E-state index in [0.29, 0.717) is 17.8 Å². The first kappa shape index (κ1) is 27.3. The molecular weight excluding hydrogens is 536 g/mol. The van der Waals surface area contributed by atoms with Crippen LogP contribution in [0.15, 0.2) is 29.6 Å². The van der Waals surface area contributed by atoms with Crippen molar-refractivity contribution in [3.05, 3.63) is 40.1 Å². The summed E-state index contributed by atoms with van der Waals surface area (Å²) in [4.78, 5) is 34.0. The molecule has 2 amide bonds. The van der Waals surface area contributed by atoms with Crippen molar-refractivity contribution in [3.8, 4) is 0 Å². The van der Waals surface area contributed by atoms with Gasteiger partial charge in [-0.2, -0.15) is 0 Å². The molecule has 0 atom stereocenters. The average molecular weight is 576 g/mol. The second kappa shape index (κ2) is 13.7. The molecule has 1 fully saturated rings. The van der Waals surface area contributed by atoms with E-state index in [2.05, 4.69) is 31.0 Å². The zero-order chi connectivity index (χ0) is 25.3. The molecule has 3 heterocycles. The number of hydrogen-bond acceptors (Lipinski definition) is 5. The van der Waals surface area contributed by atoms with E-state index in [1.54, 1.807) is 4.90 Å². The number of alkyl halides is 1. The number of benzene rings is 1. The summed E-state index contributed by atoms with van der Waals surface area (Å²) in [7, 11) is 0. The minimum absolute atomic E-state index is 0.0197. The predicted octanol–water partition coefficient (Wildman–Crippen LogP) is 6.42. The van der Waals surface area contributed by atoms with Crippen LogP contribution in [-0.4, -0.2) is 66.2 Å². The molecule has 4 rings (SSSR count). The minimum atomic E-state index is -0.152. The molecule has 0 bridgehead atoms. The number of aryl methyl sites for hydroxylation is 1. The first-order valence-electron chi connectivity index (χ1n) is 13.4. The predicted molar refractivity (Wildman–Crippen MR) is 154 cm³/mol. The van der Waals surface area contributed by atoms with E-state index in [1.165, 1.54) is 62.7 Å². The highest BCUT2D eigenvalue weighted by atomic mass is 79.9. The van der Waals surface area contributed by atoms with Crippen molar-refractivity contribution >= 4 is 56.1 Å². The van der Waals surface area contributed by atoms with Crippen LogP contribution in [0.3, 0.4) is 0 Å². The van der Waals surface area contributed by atoms with E-state index in [9.17, 15) is 9.59 Å². The van der Waals surface area contributed by atoms with E-state index < -0.39 is 0 Å². The Kier molecular flexibility index (Phi) is 10.4. The zero-order valence-electron chi connectivity index (χ0n) is 21.4.